The summed E-state index contributed by atoms with van der Waals surface area (Å²) >= 11 is 0. The van der Waals surface area contributed by atoms with Crippen molar-refractivity contribution >= 4 is 18.0 Å². The van der Waals surface area contributed by atoms with E-state index in [1.165, 1.54) is 12.8 Å². The molecule has 8 heteroatoms. The van der Waals surface area contributed by atoms with Crippen LogP contribution in [0.4, 0.5) is 4.79 Å². The zero-order valence-corrected chi connectivity index (χ0v) is 11.5. The Morgan fingerprint density at radius 3 is 2.40 bits per heavy atom. The Labute approximate surface area is 117 Å². The number of rotatable bonds is 9. The smallest absolute Gasteiger partial charge is 0.326 e. The van der Waals surface area contributed by atoms with Crippen molar-refractivity contribution in [3.05, 3.63) is 0 Å². The second-order valence-electron chi connectivity index (χ2n) is 4.75. The van der Waals surface area contributed by atoms with E-state index < -0.39 is 30.4 Å². The number of nitrogens with zero attached hydrogens (tertiary/aromatic N) is 1. The molecule has 0 heterocycles. The van der Waals surface area contributed by atoms with Crippen molar-refractivity contribution in [2.45, 2.75) is 38.3 Å². The van der Waals surface area contributed by atoms with Gasteiger partial charge in [-0.3, -0.25) is 9.69 Å². The van der Waals surface area contributed by atoms with Gasteiger partial charge in [-0.05, 0) is 19.4 Å². The van der Waals surface area contributed by atoms with Crippen molar-refractivity contribution in [3.8, 4) is 0 Å². The molecule has 0 aromatic carbocycles. The highest BCUT2D eigenvalue weighted by molar-refractivity contribution is 5.86. The summed E-state index contributed by atoms with van der Waals surface area (Å²) in [6.45, 7) is 4.05. The molecular weight excluding hydrogens is 266 g/mol. The molecule has 0 saturated heterocycles. The van der Waals surface area contributed by atoms with Crippen LogP contribution in [0.3, 0.4) is 0 Å². The van der Waals surface area contributed by atoms with Crippen molar-refractivity contribution in [1.82, 2.24) is 15.5 Å². The van der Waals surface area contributed by atoms with Crippen LogP contribution in [0.1, 0.15) is 26.2 Å². The number of carbonyl (C=O) groups is 3. The lowest BCUT2D eigenvalue weighted by Crippen LogP contribution is -2.48. The van der Waals surface area contributed by atoms with Gasteiger partial charge >= 0.3 is 18.0 Å². The first-order valence-electron chi connectivity index (χ1n) is 6.67. The van der Waals surface area contributed by atoms with E-state index in [2.05, 4.69) is 15.5 Å². The Morgan fingerprint density at radius 1 is 1.30 bits per heavy atom. The SMILES string of the molecule is CCN(CCNC(=O)NC(CC(=O)O)C(=O)O)C1CC1. The van der Waals surface area contributed by atoms with Crippen LogP contribution >= 0.6 is 0 Å². The zero-order valence-electron chi connectivity index (χ0n) is 11.5. The highest BCUT2D eigenvalue weighted by atomic mass is 16.4. The Kier molecular flexibility index (Phi) is 6.23. The molecule has 0 aliphatic heterocycles. The summed E-state index contributed by atoms with van der Waals surface area (Å²) < 4.78 is 0. The molecule has 1 aliphatic rings. The van der Waals surface area contributed by atoms with Crippen LogP contribution in [0.25, 0.3) is 0 Å². The minimum absolute atomic E-state index is 0.398. The molecule has 20 heavy (non-hydrogen) atoms. The number of hydrogen-bond donors (Lipinski definition) is 4. The van der Waals surface area contributed by atoms with Crippen LogP contribution in [0.15, 0.2) is 0 Å². The van der Waals surface area contributed by atoms with Crippen LogP contribution in [0.5, 0.6) is 0 Å². The van der Waals surface area contributed by atoms with Gasteiger partial charge in [0, 0.05) is 19.1 Å². The van der Waals surface area contributed by atoms with Gasteiger partial charge in [-0.2, -0.15) is 0 Å². The molecular formula is C12H21N3O5. The van der Waals surface area contributed by atoms with Gasteiger partial charge < -0.3 is 20.8 Å². The van der Waals surface area contributed by atoms with Gasteiger partial charge in [-0.1, -0.05) is 6.92 Å². The largest absolute Gasteiger partial charge is 0.481 e. The third-order valence-corrected chi connectivity index (χ3v) is 3.14. The molecule has 0 radical (unpaired) electrons. The first-order valence-corrected chi connectivity index (χ1v) is 6.67. The minimum Gasteiger partial charge on any atom is -0.481 e. The predicted octanol–water partition coefficient (Wildman–Crippen LogP) is -0.302. The fourth-order valence-corrected chi connectivity index (χ4v) is 1.94. The molecule has 1 aliphatic carbocycles. The van der Waals surface area contributed by atoms with Gasteiger partial charge in [0.2, 0.25) is 0 Å². The molecule has 8 nitrogen and oxygen atoms in total. The molecule has 1 rings (SSSR count). The number of nitrogens with one attached hydrogen (secondary N) is 2. The standard InChI is InChI=1S/C12H21N3O5/c1-2-15(8-3-4-8)6-5-13-12(20)14-9(11(18)19)7-10(16)17/h8-9H,2-7H2,1H3,(H,16,17)(H,18,19)(H2,13,14,20). The lowest BCUT2D eigenvalue weighted by Gasteiger charge is -2.20. The molecule has 0 bridgehead atoms. The number of hydrogen-bond acceptors (Lipinski definition) is 4. The highest BCUT2D eigenvalue weighted by Crippen LogP contribution is 2.25. The summed E-state index contributed by atoms with van der Waals surface area (Å²) in [5, 5.41) is 22.0. The van der Waals surface area contributed by atoms with Gasteiger partial charge in [0.1, 0.15) is 6.04 Å². The number of aliphatic carboxylic acids is 2. The molecule has 0 aromatic rings. The second kappa shape index (κ2) is 7.68. The maximum absolute atomic E-state index is 11.5. The maximum atomic E-state index is 11.5. The fourth-order valence-electron chi connectivity index (χ4n) is 1.94. The Bertz CT molecular complexity index is 370. The Balaban J connectivity index is 2.26. The maximum Gasteiger partial charge on any atom is 0.326 e. The van der Waals surface area contributed by atoms with Crippen LogP contribution in [0, 0.1) is 0 Å². The van der Waals surface area contributed by atoms with Crippen molar-refractivity contribution in [2.75, 3.05) is 19.6 Å². The van der Waals surface area contributed by atoms with Crippen molar-refractivity contribution < 1.29 is 24.6 Å². The Hall–Kier alpha value is -1.83. The number of carboxylic acids is 2. The normalized spacial score (nSPS) is 15.7. The molecule has 114 valence electrons. The average Bonchev–Trinajstić information content (AvgIpc) is 3.17. The topological polar surface area (TPSA) is 119 Å². The quantitative estimate of drug-likeness (QED) is 0.462. The molecule has 1 atom stereocenters. The van der Waals surface area contributed by atoms with E-state index in [1.54, 1.807) is 0 Å². The fraction of sp³-hybridized carbons (Fsp3) is 0.750. The summed E-state index contributed by atoms with van der Waals surface area (Å²) in [6.07, 6.45) is 1.71. The van der Waals surface area contributed by atoms with Gasteiger partial charge in [0.15, 0.2) is 0 Å². The van der Waals surface area contributed by atoms with E-state index in [9.17, 15) is 14.4 Å². The van der Waals surface area contributed by atoms with Crippen LogP contribution in [0.2, 0.25) is 0 Å². The first-order chi connectivity index (χ1) is 9.43. The second-order valence-corrected chi connectivity index (χ2v) is 4.75. The third-order valence-electron chi connectivity index (χ3n) is 3.14. The number of likely N-dealkylation sites (N-methyl/N-ethyl adjacent to an activating group) is 1. The molecule has 2 amide bonds. The molecule has 1 saturated carbocycles. The summed E-state index contributed by atoms with van der Waals surface area (Å²) in [5.74, 6) is -2.64. The number of urea groups is 1. The van der Waals surface area contributed by atoms with Crippen LogP contribution < -0.4 is 10.6 Å². The van der Waals surface area contributed by atoms with Crippen LogP contribution in [-0.2, 0) is 9.59 Å². The summed E-state index contributed by atoms with van der Waals surface area (Å²) in [5.41, 5.74) is 0. The van der Waals surface area contributed by atoms with E-state index in [0.29, 0.717) is 19.1 Å². The number of amides is 2. The Morgan fingerprint density at radius 2 is 1.95 bits per heavy atom. The van der Waals surface area contributed by atoms with Crippen LogP contribution in [-0.4, -0.2) is 64.8 Å². The zero-order chi connectivity index (χ0) is 15.1. The highest BCUT2D eigenvalue weighted by Gasteiger charge is 2.27. The van der Waals surface area contributed by atoms with E-state index in [4.69, 9.17) is 10.2 Å². The molecule has 0 spiro atoms. The van der Waals surface area contributed by atoms with E-state index in [1.807, 2.05) is 6.92 Å². The lowest BCUT2D eigenvalue weighted by atomic mass is 10.2. The third kappa shape index (κ3) is 5.87. The number of carbonyl (C=O) groups excluding carboxylic acids is 1. The summed E-state index contributed by atoms with van der Waals surface area (Å²) in [6, 6.07) is -1.48. The van der Waals surface area contributed by atoms with Crippen molar-refractivity contribution in [3.63, 3.8) is 0 Å². The van der Waals surface area contributed by atoms with E-state index in [-0.39, 0.29) is 0 Å². The molecule has 1 fully saturated rings. The van der Waals surface area contributed by atoms with E-state index in [0.717, 1.165) is 6.54 Å². The van der Waals surface area contributed by atoms with Crippen molar-refractivity contribution in [2.24, 2.45) is 0 Å². The lowest BCUT2D eigenvalue weighted by molar-refractivity contribution is -0.145. The van der Waals surface area contributed by atoms with Gasteiger partial charge in [-0.15, -0.1) is 0 Å². The monoisotopic (exact) mass is 287 g/mol. The van der Waals surface area contributed by atoms with Gasteiger partial charge in [0.25, 0.3) is 0 Å². The summed E-state index contributed by atoms with van der Waals surface area (Å²) in [7, 11) is 0. The van der Waals surface area contributed by atoms with E-state index >= 15 is 0 Å². The molecule has 0 aromatic heterocycles. The first kappa shape index (κ1) is 16.2. The van der Waals surface area contributed by atoms with Gasteiger partial charge in [0.05, 0.1) is 6.42 Å². The molecule has 1 unspecified atom stereocenters. The average molecular weight is 287 g/mol. The predicted molar refractivity (Wildman–Crippen MR) is 70.5 cm³/mol. The van der Waals surface area contributed by atoms with Crippen molar-refractivity contribution in [1.29, 1.82) is 0 Å². The van der Waals surface area contributed by atoms with Gasteiger partial charge in [-0.25, -0.2) is 9.59 Å². The number of carboxylic acid groups (broad SMARTS) is 2. The minimum atomic E-state index is -1.42. The summed E-state index contributed by atoms with van der Waals surface area (Å²) in [4.78, 5) is 35.0. The molecule has 4 N–H and O–H groups in total.